The van der Waals surface area contributed by atoms with Crippen LogP contribution >= 0.6 is 0 Å². The number of likely N-dealkylation sites (tertiary alicyclic amines) is 1. The Balaban J connectivity index is 1.27. The lowest BCUT2D eigenvalue weighted by Crippen LogP contribution is -2.74. The molecule has 9 heteroatoms. The monoisotopic (exact) mass is 612 g/mol. The lowest BCUT2D eigenvalue weighted by Gasteiger charge is -2.53. The molecule has 4 fully saturated rings. The number of rotatable bonds is 10. The highest BCUT2D eigenvalue weighted by Crippen LogP contribution is 2.39. The predicted molar refractivity (Wildman–Crippen MR) is 171 cm³/mol. The van der Waals surface area contributed by atoms with Crippen LogP contribution in [-0.2, 0) is 19.1 Å². The van der Waals surface area contributed by atoms with Crippen molar-refractivity contribution in [3.63, 3.8) is 0 Å². The van der Waals surface area contributed by atoms with Gasteiger partial charge in [0.2, 0.25) is 11.8 Å². The number of cyclic esters (lactones) is 1. The molecule has 2 aromatic carbocycles. The van der Waals surface area contributed by atoms with E-state index < -0.39 is 30.3 Å². The molecule has 4 aliphatic rings. The maximum absolute atomic E-state index is 14.2. The lowest BCUT2D eigenvalue weighted by atomic mass is 9.87. The first-order chi connectivity index (χ1) is 21.9. The number of β-lactam (4-membered cyclic amide) rings is 1. The van der Waals surface area contributed by atoms with E-state index >= 15 is 0 Å². The van der Waals surface area contributed by atoms with Crippen molar-refractivity contribution in [1.82, 2.24) is 19.6 Å². The van der Waals surface area contributed by atoms with Gasteiger partial charge in [-0.05, 0) is 37.3 Å². The normalized spacial score (nSPS) is 25.4. The van der Waals surface area contributed by atoms with Crippen LogP contribution in [0.4, 0.5) is 4.79 Å². The Labute approximate surface area is 265 Å². The largest absolute Gasteiger partial charge is 0.447 e. The molecular weight excluding hydrogens is 568 g/mol. The maximum Gasteiger partial charge on any atom is 0.411 e. The summed E-state index contributed by atoms with van der Waals surface area (Å²) in [5.41, 5.74) is 1.84. The highest BCUT2D eigenvalue weighted by atomic mass is 16.6. The van der Waals surface area contributed by atoms with Crippen molar-refractivity contribution in [3.8, 4) is 0 Å². The summed E-state index contributed by atoms with van der Waals surface area (Å²) >= 11 is 0. The summed E-state index contributed by atoms with van der Waals surface area (Å²) in [5.74, 6) is -0.434. The minimum Gasteiger partial charge on any atom is -0.447 e. The first-order valence-electron chi connectivity index (χ1n) is 16.5. The van der Waals surface area contributed by atoms with Crippen LogP contribution in [0.2, 0.25) is 0 Å². The van der Waals surface area contributed by atoms with E-state index in [-0.39, 0.29) is 37.0 Å². The molecule has 238 valence electrons. The molecule has 0 N–H and O–H groups in total. The van der Waals surface area contributed by atoms with Gasteiger partial charge in [0, 0.05) is 38.6 Å². The SMILES string of the molecule is CC(=O)CCC(C(=O)N1CCN(C2CCCCC2)CC1)N1C(=O)[C@@H](N2C(=O)OC[C@@H]2c2ccccc2)[C@H]1/C=C/c1ccccc1. The number of amides is 3. The fraction of sp³-hybridized carbons (Fsp3) is 0.500. The third-order valence-corrected chi connectivity index (χ3v) is 9.94. The highest BCUT2D eigenvalue weighted by Gasteiger charge is 2.58. The van der Waals surface area contributed by atoms with Gasteiger partial charge in [0.25, 0.3) is 0 Å². The molecule has 0 radical (unpaired) electrons. The molecule has 0 bridgehead atoms. The Morgan fingerprint density at radius 2 is 1.58 bits per heavy atom. The van der Waals surface area contributed by atoms with Gasteiger partial charge in [0.15, 0.2) is 0 Å². The second-order valence-corrected chi connectivity index (χ2v) is 12.8. The van der Waals surface area contributed by atoms with E-state index in [4.69, 9.17) is 4.74 Å². The van der Waals surface area contributed by atoms with Gasteiger partial charge in [-0.3, -0.25) is 19.4 Å². The van der Waals surface area contributed by atoms with E-state index in [0.29, 0.717) is 19.1 Å². The van der Waals surface area contributed by atoms with Gasteiger partial charge in [-0.2, -0.15) is 0 Å². The second-order valence-electron chi connectivity index (χ2n) is 12.8. The van der Waals surface area contributed by atoms with Gasteiger partial charge < -0.3 is 19.3 Å². The Kier molecular flexibility index (Phi) is 9.64. The van der Waals surface area contributed by atoms with E-state index in [1.807, 2.05) is 77.7 Å². The topological polar surface area (TPSA) is 90.5 Å². The van der Waals surface area contributed by atoms with Crippen LogP contribution in [0.1, 0.15) is 69.0 Å². The number of nitrogens with zero attached hydrogens (tertiary/aromatic N) is 4. The van der Waals surface area contributed by atoms with Crippen LogP contribution in [0.15, 0.2) is 66.7 Å². The summed E-state index contributed by atoms with van der Waals surface area (Å²) < 4.78 is 5.49. The van der Waals surface area contributed by atoms with Crippen molar-refractivity contribution in [2.24, 2.45) is 0 Å². The fourth-order valence-corrected chi connectivity index (χ4v) is 7.49. The number of ether oxygens (including phenoxy) is 1. The first kappa shape index (κ1) is 31.0. The van der Waals surface area contributed by atoms with Crippen molar-refractivity contribution >= 4 is 29.8 Å². The molecule has 9 nitrogen and oxygen atoms in total. The van der Waals surface area contributed by atoms with Crippen molar-refractivity contribution in [2.45, 2.75) is 82.1 Å². The summed E-state index contributed by atoms with van der Waals surface area (Å²) in [6.07, 6.45) is 10.0. The molecular formula is C36H44N4O5. The Morgan fingerprint density at radius 1 is 0.911 bits per heavy atom. The van der Waals surface area contributed by atoms with Gasteiger partial charge in [-0.15, -0.1) is 0 Å². The molecule has 0 aromatic heterocycles. The van der Waals surface area contributed by atoms with Crippen molar-refractivity contribution in [2.75, 3.05) is 32.8 Å². The molecule has 0 spiro atoms. The van der Waals surface area contributed by atoms with Crippen molar-refractivity contribution in [3.05, 3.63) is 77.9 Å². The van der Waals surface area contributed by atoms with Crippen LogP contribution in [-0.4, -0.2) is 100 Å². The molecule has 3 saturated heterocycles. The van der Waals surface area contributed by atoms with Crippen LogP contribution in [0.5, 0.6) is 0 Å². The Morgan fingerprint density at radius 3 is 2.24 bits per heavy atom. The van der Waals surface area contributed by atoms with Crippen molar-refractivity contribution in [1.29, 1.82) is 0 Å². The maximum atomic E-state index is 14.2. The molecule has 3 amide bonds. The van der Waals surface area contributed by atoms with E-state index in [1.165, 1.54) is 39.0 Å². The van der Waals surface area contributed by atoms with Crippen LogP contribution in [0, 0.1) is 0 Å². The third-order valence-electron chi connectivity index (χ3n) is 9.94. The molecule has 4 atom stereocenters. The first-order valence-corrected chi connectivity index (χ1v) is 16.5. The number of ketones is 1. The van der Waals surface area contributed by atoms with Crippen molar-refractivity contribution < 1.29 is 23.9 Å². The summed E-state index contributed by atoms with van der Waals surface area (Å²) in [7, 11) is 0. The van der Waals surface area contributed by atoms with E-state index in [2.05, 4.69) is 4.90 Å². The van der Waals surface area contributed by atoms with Crippen LogP contribution in [0.25, 0.3) is 6.08 Å². The number of piperazine rings is 1. The summed E-state index contributed by atoms with van der Waals surface area (Å²) in [5, 5.41) is 0. The van der Waals surface area contributed by atoms with E-state index in [9.17, 15) is 19.2 Å². The number of carbonyl (C=O) groups excluding carboxylic acids is 4. The minimum absolute atomic E-state index is 0.0249. The van der Waals surface area contributed by atoms with E-state index in [0.717, 1.165) is 24.2 Å². The van der Waals surface area contributed by atoms with Gasteiger partial charge >= 0.3 is 6.09 Å². The number of carbonyl (C=O) groups is 4. The lowest BCUT2D eigenvalue weighted by molar-refractivity contribution is -0.166. The predicted octanol–water partition coefficient (Wildman–Crippen LogP) is 4.69. The number of benzene rings is 2. The second kappa shape index (κ2) is 14.0. The quantitative estimate of drug-likeness (QED) is 0.362. The van der Waals surface area contributed by atoms with Gasteiger partial charge in [0.1, 0.15) is 24.5 Å². The Hall–Kier alpha value is -3.98. The molecule has 1 aliphatic carbocycles. The zero-order valence-corrected chi connectivity index (χ0v) is 26.1. The summed E-state index contributed by atoms with van der Waals surface area (Å²) in [6, 6.07) is 17.4. The molecule has 3 aliphatic heterocycles. The number of Topliss-reactive ketones (excluding diaryl/α,β-unsaturated/α-hetero) is 1. The average molecular weight is 613 g/mol. The van der Waals surface area contributed by atoms with Gasteiger partial charge in [0.05, 0.1) is 12.1 Å². The molecule has 3 heterocycles. The molecule has 6 rings (SSSR count). The molecule has 1 unspecified atom stereocenters. The smallest absolute Gasteiger partial charge is 0.411 e. The fourth-order valence-electron chi connectivity index (χ4n) is 7.49. The molecule has 2 aromatic rings. The van der Waals surface area contributed by atoms with Gasteiger partial charge in [-0.25, -0.2) is 4.79 Å². The number of hydrogen-bond donors (Lipinski definition) is 0. The summed E-state index contributed by atoms with van der Waals surface area (Å²) in [6.45, 7) is 4.53. The highest BCUT2D eigenvalue weighted by molar-refractivity contribution is 5.98. The third kappa shape index (κ3) is 6.69. The summed E-state index contributed by atoms with van der Waals surface area (Å²) in [4.78, 5) is 61.4. The molecule has 45 heavy (non-hydrogen) atoms. The number of hydrogen-bond acceptors (Lipinski definition) is 6. The van der Waals surface area contributed by atoms with E-state index in [1.54, 1.807) is 9.80 Å². The molecule has 1 saturated carbocycles. The average Bonchev–Trinajstić information content (AvgIpc) is 3.45. The van der Waals surface area contributed by atoms with Gasteiger partial charge in [-0.1, -0.05) is 92.1 Å². The zero-order valence-electron chi connectivity index (χ0n) is 26.1. The van der Waals surface area contributed by atoms with Crippen LogP contribution < -0.4 is 0 Å². The zero-order chi connectivity index (χ0) is 31.3. The van der Waals surface area contributed by atoms with Crippen LogP contribution in [0.3, 0.4) is 0 Å². The minimum atomic E-state index is -0.819. The Bertz CT molecular complexity index is 1380. The standard InChI is InChI=1S/C36H44N4O5/c1-26(41)17-19-31(34(42)38-23-21-37(22-24-38)29-15-9-4-10-16-29)39-30(20-18-27-11-5-2-6-12-27)33(35(39)43)40-32(25-45-36(40)44)28-13-7-3-8-14-28/h2-3,5-8,11-14,18,20,29-33H,4,9-10,15-17,19,21-25H2,1H3/b20-18+/t30-,31?,32-,33+/m1/s1.